The molecule has 1 fully saturated rings. The van der Waals surface area contributed by atoms with Gasteiger partial charge in [-0.25, -0.2) is 0 Å². The van der Waals surface area contributed by atoms with Gasteiger partial charge in [0.25, 0.3) is 0 Å². The number of nitrogens with zero attached hydrogens (tertiary/aromatic N) is 3. The van der Waals surface area contributed by atoms with Crippen molar-refractivity contribution in [2.24, 2.45) is 7.05 Å². The van der Waals surface area contributed by atoms with Crippen molar-refractivity contribution >= 4 is 5.91 Å². The zero-order chi connectivity index (χ0) is 13.3. The molecule has 0 unspecified atom stereocenters. The second-order valence-corrected chi connectivity index (χ2v) is 5.02. The van der Waals surface area contributed by atoms with Crippen LogP contribution in [0.5, 0.6) is 0 Å². The molecule has 1 aliphatic heterocycles. The first kappa shape index (κ1) is 13.1. The van der Waals surface area contributed by atoms with Crippen LogP contribution in [0.1, 0.15) is 29.8 Å². The van der Waals surface area contributed by atoms with Gasteiger partial charge in [-0.3, -0.25) is 9.48 Å². The first-order valence-corrected chi connectivity index (χ1v) is 6.44. The van der Waals surface area contributed by atoms with E-state index in [1.165, 1.54) is 0 Å². The van der Waals surface area contributed by atoms with Crippen LogP contribution in [-0.2, 0) is 18.3 Å². The topological polar surface area (TPSA) is 58.4 Å². The van der Waals surface area contributed by atoms with Gasteiger partial charge in [0.15, 0.2) is 0 Å². The van der Waals surface area contributed by atoms with Crippen LogP contribution in [-0.4, -0.2) is 44.9 Å². The number of aliphatic hydroxyl groups excluding tert-OH is 1. The number of likely N-dealkylation sites (tertiary alicyclic amines) is 1. The maximum Gasteiger partial charge on any atom is 0.227 e. The van der Waals surface area contributed by atoms with Gasteiger partial charge in [-0.1, -0.05) is 0 Å². The molecule has 0 aromatic carbocycles. The summed E-state index contributed by atoms with van der Waals surface area (Å²) in [5, 5.41) is 13.6. The van der Waals surface area contributed by atoms with Gasteiger partial charge < -0.3 is 10.0 Å². The molecular formula is C13H21N3O2. The van der Waals surface area contributed by atoms with Crippen molar-refractivity contribution in [2.45, 2.75) is 39.2 Å². The number of rotatable bonds is 3. The number of aromatic nitrogens is 2. The molecule has 2 heterocycles. The third kappa shape index (κ3) is 2.27. The summed E-state index contributed by atoms with van der Waals surface area (Å²) in [6.07, 6.45) is 2.29. The lowest BCUT2D eigenvalue weighted by molar-refractivity contribution is -0.132. The van der Waals surface area contributed by atoms with E-state index in [1.54, 1.807) is 0 Å². The van der Waals surface area contributed by atoms with Gasteiger partial charge in [-0.15, -0.1) is 0 Å². The fourth-order valence-electron chi connectivity index (χ4n) is 2.68. The summed E-state index contributed by atoms with van der Waals surface area (Å²) in [5.74, 6) is 0.103. The van der Waals surface area contributed by atoms with Crippen LogP contribution in [0.15, 0.2) is 0 Å². The van der Waals surface area contributed by atoms with Crippen molar-refractivity contribution < 1.29 is 9.90 Å². The Morgan fingerprint density at radius 1 is 1.50 bits per heavy atom. The minimum atomic E-state index is 0.00906. The summed E-state index contributed by atoms with van der Waals surface area (Å²) in [5.41, 5.74) is 2.98. The fourth-order valence-corrected chi connectivity index (χ4v) is 2.68. The van der Waals surface area contributed by atoms with E-state index < -0.39 is 0 Å². The van der Waals surface area contributed by atoms with E-state index in [1.807, 2.05) is 30.5 Å². The number of carbonyl (C=O) groups is 1. The van der Waals surface area contributed by atoms with Crippen LogP contribution in [0.4, 0.5) is 0 Å². The van der Waals surface area contributed by atoms with Gasteiger partial charge in [0, 0.05) is 24.8 Å². The highest BCUT2D eigenvalue weighted by molar-refractivity contribution is 5.80. The van der Waals surface area contributed by atoms with Gasteiger partial charge in [0.2, 0.25) is 5.91 Å². The molecule has 1 aromatic rings. The number of hydrogen-bond acceptors (Lipinski definition) is 3. The normalized spacial score (nSPS) is 19.6. The fraction of sp³-hybridized carbons (Fsp3) is 0.692. The number of hydrogen-bond donors (Lipinski definition) is 1. The summed E-state index contributed by atoms with van der Waals surface area (Å²) >= 11 is 0. The number of amides is 1. The summed E-state index contributed by atoms with van der Waals surface area (Å²) < 4.78 is 1.81. The molecule has 0 spiro atoms. The van der Waals surface area contributed by atoms with Crippen LogP contribution in [0, 0.1) is 13.8 Å². The highest BCUT2D eigenvalue weighted by Crippen LogP contribution is 2.20. The van der Waals surface area contributed by atoms with Crippen molar-refractivity contribution in [2.75, 3.05) is 13.2 Å². The maximum atomic E-state index is 12.3. The standard InChI is InChI=1S/C13H21N3O2/c1-9-12(10(2)15(3)14-9)7-13(18)16-6-4-5-11(16)8-17/h11,17H,4-8H2,1-3H3/t11-/m0/s1. The first-order valence-electron chi connectivity index (χ1n) is 6.44. The zero-order valence-corrected chi connectivity index (χ0v) is 11.3. The molecule has 0 aliphatic carbocycles. The van der Waals surface area contributed by atoms with E-state index in [9.17, 15) is 9.90 Å². The van der Waals surface area contributed by atoms with Gasteiger partial charge in [-0.2, -0.15) is 5.10 Å². The summed E-state index contributed by atoms with van der Waals surface area (Å²) in [6, 6.07) is 0.00906. The van der Waals surface area contributed by atoms with Gasteiger partial charge >= 0.3 is 0 Å². The maximum absolute atomic E-state index is 12.3. The lowest BCUT2D eigenvalue weighted by Gasteiger charge is -2.23. The van der Waals surface area contributed by atoms with Crippen molar-refractivity contribution in [3.8, 4) is 0 Å². The highest BCUT2D eigenvalue weighted by atomic mass is 16.3. The molecule has 1 saturated heterocycles. The molecular weight excluding hydrogens is 230 g/mol. The summed E-state index contributed by atoms with van der Waals surface area (Å²) in [6.45, 7) is 4.75. The van der Waals surface area contributed by atoms with Crippen LogP contribution in [0.3, 0.4) is 0 Å². The Morgan fingerprint density at radius 3 is 2.78 bits per heavy atom. The molecule has 0 radical (unpaired) electrons. The van der Waals surface area contributed by atoms with Crippen LogP contribution < -0.4 is 0 Å². The molecule has 100 valence electrons. The Morgan fingerprint density at radius 2 is 2.22 bits per heavy atom. The van der Waals surface area contributed by atoms with Gasteiger partial charge in [0.05, 0.1) is 24.8 Å². The van der Waals surface area contributed by atoms with E-state index in [0.717, 1.165) is 36.3 Å². The minimum absolute atomic E-state index is 0.00906. The molecule has 1 atom stereocenters. The Kier molecular flexibility index (Phi) is 3.71. The third-order valence-electron chi connectivity index (χ3n) is 3.90. The lowest BCUT2D eigenvalue weighted by Crippen LogP contribution is -2.38. The molecule has 0 saturated carbocycles. The second-order valence-electron chi connectivity index (χ2n) is 5.02. The van der Waals surface area contributed by atoms with E-state index in [2.05, 4.69) is 5.10 Å². The quantitative estimate of drug-likeness (QED) is 0.854. The molecule has 5 nitrogen and oxygen atoms in total. The monoisotopic (exact) mass is 251 g/mol. The predicted molar refractivity (Wildman–Crippen MR) is 68.2 cm³/mol. The number of aliphatic hydroxyl groups is 1. The van der Waals surface area contributed by atoms with Crippen LogP contribution in [0.2, 0.25) is 0 Å². The third-order valence-corrected chi connectivity index (χ3v) is 3.90. The lowest BCUT2D eigenvalue weighted by atomic mass is 10.1. The molecule has 1 aromatic heterocycles. The zero-order valence-electron chi connectivity index (χ0n) is 11.3. The Bertz CT molecular complexity index is 453. The van der Waals surface area contributed by atoms with E-state index >= 15 is 0 Å². The van der Waals surface area contributed by atoms with Crippen LogP contribution >= 0.6 is 0 Å². The Balaban J connectivity index is 2.11. The van der Waals surface area contributed by atoms with Gasteiger partial charge in [-0.05, 0) is 26.7 Å². The predicted octanol–water partition coefficient (Wildman–Crippen LogP) is 0.563. The summed E-state index contributed by atoms with van der Waals surface area (Å²) in [4.78, 5) is 14.1. The highest BCUT2D eigenvalue weighted by Gasteiger charge is 2.28. The van der Waals surface area contributed by atoms with Crippen molar-refractivity contribution in [1.29, 1.82) is 0 Å². The molecule has 1 amide bonds. The second kappa shape index (κ2) is 5.10. The van der Waals surface area contributed by atoms with E-state index in [4.69, 9.17) is 0 Å². The average Bonchev–Trinajstić information content (AvgIpc) is 2.90. The van der Waals surface area contributed by atoms with Crippen molar-refractivity contribution in [1.82, 2.24) is 14.7 Å². The first-order chi connectivity index (χ1) is 8.54. The molecule has 1 aliphatic rings. The molecule has 1 N–H and O–H groups in total. The number of aryl methyl sites for hydroxylation is 2. The molecule has 0 bridgehead atoms. The Labute approximate surface area is 107 Å². The molecule has 2 rings (SSSR count). The number of carbonyl (C=O) groups excluding carboxylic acids is 1. The van der Waals surface area contributed by atoms with Crippen molar-refractivity contribution in [3.63, 3.8) is 0 Å². The minimum Gasteiger partial charge on any atom is -0.394 e. The summed E-state index contributed by atoms with van der Waals surface area (Å²) in [7, 11) is 1.89. The molecule has 5 heteroatoms. The van der Waals surface area contributed by atoms with E-state index in [0.29, 0.717) is 6.42 Å². The smallest absolute Gasteiger partial charge is 0.227 e. The van der Waals surface area contributed by atoms with E-state index in [-0.39, 0.29) is 18.6 Å². The van der Waals surface area contributed by atoms with Crippen LogP contribution in [0.25, 0.3) is 0 Å². The molecule has 18 heavy (non-hydrogen) atoms. The van der Waals surface area contributed by atoms with Crippen molar-refractivity contribution in [3.05, 3.63) is 17.0 Å². The largest absolute Gasteiger partial charge is 0.394 e. The Hall–Kier alpha value is -1.36. The SMILES string of the molecule is Cc1nn(C)c(C)c1CC(=O)N1CCC[C@H]1CO. The van der Waals surface area contributed by atoms with Gasteiger partial charge in [0.1, 0.15) is 0 Å². The average molecular weight is 251 g/mol.